The van der Waals surface area contributed by atoms with Crippen LogP contribution in [-0.4, -0.2) is 17.5 Å². The third kappa shape index (κ3) is 12.0. The second-order valence-electron chi connectivity index (χ2n) is 5.64. The number of hydrogen-bond donors (Lipinski definition) is 0. The molecule has 0 spiro atoms. The largest absolute Gasteiger partial charge is 0.463 e. The number of halogens is 1. The van der Waals surface area contributed by atoms with Gasteiger partial charge >= 0.3 is 5.97 Å². The van der Waals surface area contributed by atoms with E-state index in [1.165, 1.54) is 6.08 Å². The molecule has 0 radical (unpaired) electrons. The van der Waals surface area contributed by atoms with Crippen molar-refractivity contribution in [3.8, 4) is 0 Å². The molecule has 1 unspecified atom stereocenters. The standard InChI is InChI=1S/C16H27ClO2/c1-6-19-15(18)12-14(3)9-7-8-13(2)10-11-16(4,5)17/h7,9,12-13H,6,8,10-11H2,1-5H3. The van der Waals surface area contributed by atoms with Crippen molar-refractivity contribution in [3.63, 3.8) is 0 Å². The van der Waals surface area contributed by atoms with Gasteiger partial charge in [0.1, 0.15) is 0 Å². The van der Waals surface area contributed by atoms with Crippen molar-refractivity contribution in [1.82, 2.24) is 0 Å². The Morgan fingerprint density at radius 1 is 1.42 bits per heavy atom. The molecule has 1 atom stereocenters. The van der Waals surface area contributed by atoms with Gasteiger partial charge in [0.15, 0.2) is 0 Å². The second-order valence-corrected chi connectivity index (χ2v) is 6.66. The van der Waals surface area contributed by atoms with E-state index in [-0.39, 0.29) is 10.8 Å². The van der Waals surface area contributed by atoms with Crippen LogP contribution in [0.3, 0.4) is 0 Å². The summed E-state index contributed by atoms with van der Waals surface area (Å²) in [6.45, 7) is 10.4. The first-order valence-electron chi connectivity index (χ1n) is 6.95. The van der Waals surface area contributed by atoms with Gasteiger partial charge in [-0.1, -0.05) is 19.1 Å². The molecule has 0 heterocycles. The molecule has 0 fully saturated rings. The molecule has 0 aliphatic heterocycles. The third-order valence-electron chi connectivity index (χ3n) is 2.78. The summed E-state index contributed by atoms with van der Waals surface area (Å²) in [6.07, 6.45) is 8.73. The van der Waals surface area contributed by atoms with Crippen LogP contribution < -0.4 is 0 Å². The minimum absolute atomic E-state index is 0.113. The first-order valence-corrected chi connectivity index (χ1v) is 7.33. The van der Waals surface area contributed by atoms with E-state index in [1.54, 1.807) is 6.92 Å². The van der Waals surface area contributed by atoms with Crippen LogP contribution >= 0.6 is 11.6 Å². The zero-order valence-corrected chi connectivity index (χ0v) is 13.6. The molecule has 19 heavy (non-hydrogen) atoms. The maximum atomic E-state index is 11.2. The Kier molecular flexibility index (Phi) is 8.82. The number of carbonyl (C=O) groups is 1. The van der Waals surface area contributed by atoms with E-state index < -0.39 is 0 Å². The molecule has 3 heteroatoms. The third-order valence-corrected chi connectivity index (χ3v) is 2.97. The van der Waals surface area contributed by atoms with Gasteiger partial charge in [0.25, 0.3) is 0 Å². The van der Waals surface area contributed by atoms with Gasteiger partial charge < -0.3 is 4.74 Å². The first-order chi connectivity index (χ1) is 8.74. The molecule has 0 aromatic rings. The van der Waals surface area contributed by atoms with Crippen molar-refractivity contribution in [2.75, 3.05) is 6.61 Å². The number of ether oxygens (including phenoxy) is 1. The van der Waals surface area contributed by atoms with Crippen molar-refractivity contribution in [2.45, 2.75) is 58.8 Å². The van der Waals surface area contributed by atoms with Gasteiger partial charge in [0.2, 0.25) is 0 Å². The van der Waals surface area contributed by atoms with Gasteiger partial charge in [0, 0.05) is 11.0 Å². The highest BCUT2D eigenvalue weighted by Gasteiger charge is 2.14. The molecule has 0 saturated carbocycles. The quantitative estimate of drug-likeness (QED) is 0.275. The Morgan fingerprint density at radius 3 is 2.58 bits per heavy atom. The van der Waals surface area contributed by atoms with Crippen molar-refractivity contribution in [1.29, 1.82) is 0 Å². The predicted molar refractivity (Wildman–Crippen MR) is 82.5 cm³/mol. The molecule has 0 aliphatic carbocycles. The van der Waals surface area contributed by atoms with Crippen molar-refractivity contribution in [2.24, 2.45) is 5.92 Å². The zero-order valence-electron chi connectivity index (χ0n) is 12.8. The van der Waals surface area contributed by atoms with Crippen LogP contribution in [0.25, 0.3) is 0 Å². The number of allylic oxidation sites excluding steroid dienone is 3. The van der Waals surface area contributed by atoms with E-state index in [2.05, 4.69) is 13.0 Å². The molecule has 0 bridgehead atoms. The van der Waals surface area contributed by atoms with Crippen LogP contribution in [-0.2, 0) is 9.53 Å². The van der Waals surface area contributed by atoms with Gasteiger partial charge in [-0.05, 0) is 58.4 Å². The summed E-state index contributed by atoms with van der Waals surface area (Å²) in [7, 11) is 0. The number of esters is 1. The average molecular weight is 287 g/mol. The summed E-state index contributed by atoms with van der Waals surface area (Å²) in [4.78, 5) is 11.1. The molecule has 0 N–H and O–H groups in total. The van der Waals surface area contributed by atoms with E-state index in [0.29, 0.717) is 12.5 Å². The lowest BCUT2D eigenvalue weighted by Gasteiger charge is -2.17. The SMILES string of the molecule is CCOC(=O)C=C(C)C=CCC(C)CCC(C)(C)Cl. The zero-order chi connectivity index (χ0) is 14.9. The van der Waals surface area contributed by atoms with Gasteiger partial charge in [-0.2, -0.15) is 0 Å². The summed E-state index contributed by atoms with van der Waals surface area (Å²) < 4.78 is 4.85. The minimum Gasteiger partial charge on any atom is -0.463 e. The maximum Gasteiger partial charge on any atom is 0.330 e. The van der Waals surface area contributed by atoms with E-state index >= 15 is 0 Å². The molecular weight excluding hydrogens is 260 g/mol. The van der Waals surface area contributed by atoms with Crippen molar-refractivity contribution < 1.29 is 9.53 Å². The monoisotopic (exact) mass is 286 g/mol. The minimum atomic E-state index is -0.276. The molecule has 0 amide bonds. The molecule has 0 saturated heterocycles. The average Bonchev–Trinajstić information content (AvgIpc) is 2.25. The Labute approximate surface area is 122 Å². The van der Waals surface area contributed by atoms with E-state index in [4.69, 9.17) is 16.3 Å². The fourth-order valence-corrected chi connectivity index (χ4v) is 1.72. The fourth-order valence-electron chi connectivity index (χ4n) is 1.61. The Hall–Kier alpha value is -0.760. The Morgan fingerprint density at radius 2 is 2.05 bits per heavy atom. The Bertz CT molecular complexity index is 324. The van der Waals surface area contributed by atoms with Crippen LogP contribution in [0.15, 0.2) is 23.8 Å². The normalized spacial score (nSPS) is 14.7. The lowest BCUT2D eigenvalue weighted by molar-refractivity contribution is -0.137. The summed E-state index contributed by atoms with van der Waals surface area (Å²) in [5.74, 6) is 0.325. The number of rotatable bonds is 8. The van der Waals surface area contributed by atoms with E-state index in [1.807, 2.05) is 26.8 Å². The van der Waals surface area contributed by atoms with Gasteiger partial charge in [-0.3, -0.25) is 0 Å². The molecule has 2 nitrogen and oxygen atoms in total. The summed E-state index contributed by atoms with van der Waals surface area (Å²) >= 11 is 6.17. The first kappa shape index (κ1) is 18.2. The summed E-state index contributed by atoms with van der Waals surface area (Å²) in [5.41, 5.74) is 0.920. The molecule has 110 valence electrons. The molecular formula is C16H27ClO2. The smallest absolute Gasteiger partial charge is 0.330 e. The maximum absolute atomic E-state index is 11.2. The van der Waals surface area contributed by atoms with Crippen LogP contribution in [0, 0.1) is 5.92 Å². The van der Waals surface area contributed by atoms with Crippen LogP contribution in [0.4, 0.5) is 0 Å². The highest BCUT2D eigenvalue weighted by Crippen LogP contribution is 2.23. The predicted octanol–water partition coefficient (Wildman–Crippen LogP) is 4.88. The number of hydrogen-bond acceptors (Lipinski definition) is 2. The van der Waals surface area contributed by atoms with Crippen LogP contribution in [0.1, 0.15) is 53.9 Å². The van der Waals surface area contributed by atoms with E-state index in [0.717, 1.165) is 24.8 Å². The molecule has 0 rings (SSSR count). The Balaban J connectivity index is 4.04. The molecule has 0 aliphatic rings. The van der Waals surface area contributed by atoms with Crippen LogP contribution in [0.2, 0.25) is 0 Å². The fraction of sp³-hybridized carbons (Fsp3) is 0.688. The number of carbonyl (C=O) groups excluding carboxylic acids is 1. The van der Waals surface area contributed by atoms with E-state index in [9.17, 15) is 4.79 Å². The topological polar surface area (TPSA) is 26.3 Å². The highest BCUT2D eigenvalue weighted by atomic mass is 35.5. The van der Waals surface area contributed by atoms with Crippen LogP contribution in [0.5, 0.6) is 0 Å². The lowest BCUT2D eigenvalue weighted by atomic mass is 9.96. The van der Waals surface area contributed by atoms with Gasteiger partial charge in [0.05, 0.1) is 6.61 Å². The molecule has 0 aromatic carbocycles. The highest BCUT2D eigenvalue weighted by molar-refractivity contribution is 6.23. The lowest BCUT2D eigenvalue weighted by Crippen LogP contribution is -2.11. The van der Waals surface area contributed by atoms with Gasteiger partial charge in [-0.25, -0.2) is 4.79 Å². The second kappa shape index (κ2) is 9.19. The van der Waals surface area contributed by atoms with Crippen molar-refractivity contribution >= 4 is 17.6 Å². The van der Waals surface area contributed by atoms with Gasteiger partial charge in [-0.15, -0.1) is 11.6 Å². The number of alkyl halides is 1. The molecule has 0 aromatic heterocycles. The van der Waals surface area contributed by atoms with Crippen molar-refractivity contribution in [3.05, 3.63) is 23.8 Å². The summed E-state index contributed by atoms with van der Waals surface area (Å²) in [5, 5.41) is 0. The summed E-state index contributed by atoms with van der Waals surface area (Å²) in [6, 6.07) is 0.